The Labute approximate surface area is 182 Å². The van der Waals surface area contributed by atoms with Crippen molar-refractivity contribution in [3.8, 4) is 6.07 Å². The molecule has 1 aromatic carbocycles. The van der Waals surface area contributed by atoms with E-state index >= 15 is 0 Å². The maximum Gasteiger partial charge on any atom is 0.226 e. The number of benzene rings is 1. The molecular weight excluding hydrogens is 394 g/mol. The van der Waals surface area contributed by atoms with Crippen LogP contribution in [0.5, 0.6) is 0 Å². The lowest BCUT2D eigenvalue weighted by molar-refractivity contribution is 0.275. The largest absolute Gasteiger partial charge is 0.598 e. The summed E-state index contributed by atoms with van der Waals surface area (Å²) in [4.78, 5) is 11.2. The summed E-state index contributed by atoms with van der Waals surface area (Å²) in [6, 6.07) is 12.6. The topological polar surface area (TPSA) is 87.9 Å². The Morgan fingerprint density at radius 2 is 1.93 bits per heavy atom. The van der Waals surface area contributed by atoms with E-state index < -0.39 is 11.4 Å². The van der Waals surface area contributed by atoms with Gasteiger partial charge >= 0.3 is 0 Å². The van der Waals surface area contributed by atoms with E-state index in [0.29, 0.717) is 11.6 Å². The van der Waals surface area contributed by atoms with E-state index in [9.17, 15) is 9.81 Å². The van der Waals surface area contributed by atoms with Crippen LogP contribution in [-0.4, -0.2) is 38.4 Å². The van der Waals surface area contributed by atoms with E-state index in [-0.39, 0.29) is 16.2 Å². The van der Waals surface area contributed by atoms with Crippen molar-refractivity contribution >= 4 is 17.3 Å². The standard InChI is InChI=1S/C23H29N5OS/c1-16-13-18(15-24)26-21(25-16)28-11-9-23(10-12-28)19-8-6-5-7-17(19)14-20(23)27-30(29)22(2,3)4/h5-8,13,20,27H,9-12,14H2,1-4H3/t20-,30-/m1/s1. The molecule has 4 rings (SSSR count). The van der Waals surface area contributed by atoms with Crippen LogP contribution in [0.2, 0.25) is 0 Å². The van der Waals surface area contributed by atoms with Crippen molar-refractivity contribution in [2.45, 2.75) is 63.2 Å². The first-order valence-corrected chi connectivity index (χ1v) is 11.6. The highest BCUT2D eigenvalue weighted by Gasteiger charge is 2.51. The van der Waals surface area contributed by atoms with Gasteiger partial charge in [0.1, 0.15) is 16.5 Å². The zero-order chi connectivity index (χ0) is 21.5. The number of fused-ring (bicyclic) bond motifs is 2. The Morgan fingerprint density at radius 3 is 2.60 bits per heavy atom. The molecule has 0 unspecified atom stereocenters. The van der Waals surface area contributed by atoms with E-state index in [1.54, 1.807) is 6.07 Å². The minimum atomic E-state index is -1.12. The Morgan fingerprint density at radius 1 is 1.23 bits per heavy atom. The first-order chi connectivity index (χ1) is 14.2. The first-order valence-electron chi connectivity index (χ1n) is 10.5. The minimum Gasteiger partial charge on any atom is -0.598 e. The maximum absolute atomic E-state index is 12.9. The molecule has 6 nitrogen and oxygen atoms in total. The molecule has 0 saturated carbocycles. The van der Waals surface area contributed by atoms with Gasteiger partial charge in [0.2, 0.25) is 5.95 Å². The fourth-order valence-electron chi connectivity index (χ4n) is 4.72. The monoisotopic (exact) mass is 423 g/mol. The number of piperidine rings is 1. The second-order valence-corrected chi connectivity index (χ2v) is 11.4. The quantitative estimate of drug-likeness (QED) is 0.763. The molecule has 1 fully saturated rings. The van der Waals surface area contributed by atoms with Crippen LogP contribution in [0.1, 0.15) is 56.1 Å². The Balaban J connectivity index is 1.60. The number of hydrogen-bond acceptors (Lipinski definition) is 6. The third-order valence-corrected chi connectivity index (χ3v) is 7.96. The fraction of sp³-hybridized carbons (Fsp3) is 0.522. The summed E-state index contributed by atoms with van der Waals surface area (Å²) in [5, 5.41) is 9.25. The number of anilines is 1. The van der Waals surface area contributed by atoms with Gasteiger partial charge in [-0.2, -0.15) is 5.26 Å². The molecule has 2 atom stereocenters. The molecular formula is C23H29N5OS. The van der Waals surface area contributed by atoms with E-state index in [2.05, 4.69) is 49.9 Å². The SMILES string of the molecule is Cc1cc(C#N)nc(N2CCC3(CC2)c2ccccc2C[C@H]3N[S@+]([O-])C(C)(C)C)n1. The highest BCUT2D eigenvalue weighted by Crippen LogP contribution is 2.47. The lowest BCUT2D eigenvalue weighted by Gasteiger charge is -2.44. The molecule has 2 aromatic rings. The van der Waals surface area contributed by atoms with Crippen LogP contribution < -0.4 is 9.62 Å². The fourth-order valence-corrected chi connectivity index (χ4v) is 5.64. The van der Waals surface area contributed by atoms with Gasteiger partial charge in [0, 0.05) is 35.6 Å². The lowest BCUT2D eigenvalue weighted by Crippen LogP contribution is -2.56. The molecule has 7 heteroatoms. The summed E-state index contributed by atoms with van der Waals surface area (Å²) in [5.74, 6) is 0.635. The Hall–Kier alpha value is -2.14. The average Bonchev–Trinajstić information content (AvgIpc) is 3.00. The van der Waals surface area contributed by atoms with E-state index in [4.69, 9.17) is 0 Å². The maximum atomic E-state index is 12.9. The Bertz CT molecular complexity index is 972. The van der Waals surface area contributed by atoms with Crippen molar-refractivity contribution in [2.24, 2.45) is 0 Å². The predicted molar refractivity (Wildman–Crippen MR) is 120 cm³/mol. The molecule has 1 aliphatic heterocycles. The van der Waals surface area contributed by atoms with Gasteiger partial charge in [-0.05, 0) is 64.2 Å². The van der Waals surface area contributed by atoms with Crippen LogP contribution in [0.15, 0.2) is 30.3 Å². The molecule has 1 aromatic heterocycles. The summed E-state index contributed by atoms with van der Waals surface area (Å²) in [6.45, 7) is 9.54. The van der Waals surface area contributed by atoms with Gasteiger partial charge in [-0.25, -0.2) is 9.97 Å². The minimum absolute atomic E-state index is 0.0457. The van der Waals surface area contributed by atoms with Crippen LogP contribution in [0, 0.1) is 18.3 Å². The number of aromatic nitrogens is 2. The third-order valence-electron chi connectivity index (χ3n) is 6.35. The van der Waals surface area contributed by atoms with E-state index in [1.165, 1.54) is 11.1 Å². The van der Waals surface area contributed by atoms with Crippen molar-refractivity contribution in [2.75, 3.05) is 18.0 Å². The molecule has 2 aliphatic rings. The summed E-state index contributed by atoms with van der Waals surface area (Å²) < 4.78 is 16.1. The van der Waals surface area contributed by atoms with Gasteiger partial charge in [-0.1, -0.05) is 24.3 Å². The second-order valence-electron chi connectivity index (χ2n) is 9.36. The Kier molecular flexibility index (Phi) is 5.52. The van der Waals surface area contributed by atoms with Crippen LogP contribution in [0.4, 0.5) is 5.95 Å². The van der Waals surface area contributed by atoms with Crippen LogP contribution in [0.3, 0.4) is 0 Å². The van der Waals surface area contributed by atoms with Crippen molar-refractivity contribution in [1.82, 2.24) is 14.7 Å². The predicted octanol–water partition coefficient (Wildman–Crippen LogP) is 3.17. The van der Waals surface area contributed by atoms with E-state index in [0.717, 1.165) is 38.0 Å². The van der Waals surface area contributed by atoms with Gasteiger partial charge in [0.15, 0.2) is 0 Å². The molecule has 158 valence electrons. The van der Waals surface area contributed by atoms with Crippen molar-refractivity contribution < 1.29 is 4.55 Å². The molecule has 2 heterocycles. The van der Waals surface area contributed by atoms with Crippen LogP contribution in [0.25, 0.3) is 0 Å². The van der Waals surface area contributed by atoms with Gasteiger partial charge in [-0.3, -0.25) is 0 Å². The third kappa shape index (κ3) is 3.80. The highest BCUT2D eigenvalue weighted by atomic mass is 32.2. The number of aryl methyl sites for hydroxylation is 1. The molecule has 1 aliphatic carbocycles. The molecule has 1 spiro atoms. The lowest BCUT2D eigenvalue weighted by atomic mass is 9.71. The number of rotatable bonds is 3. The summed E-state index contributed by atoms with van der Waals surface area (Å²) in [7, 11) is 0. The zero-order valence-corrected chi connectivity index (χ0v) is 18.9. The smallest absolute Gasteiger partial charge is 0.226 e. The number of nitrogens with one attached hydrogen (secondary N) is 1. The van der Waals surface area contributed by atoms with Crippen LogP contribution in [-0.2, 0) is 23.2 Å². The van der Waals surface area contributed by atoms with Gasteiger partial charge in [0.05, 0.1) is 6.04 Å². The molecule has 0 amide bonds. The van der Waals surface area contributed by atoms with Gasteiger partial charge < -0.3 is 9.45 Å². The van der Waals surface area contributed by atoms with Crippen molar-refractivity contribution in [3.05, 3.63) is 52.8 Å². The zero-order valence-electron chi connectivity index (χ0n) is 18.1. The van der Waals surface area contributed by atoms with Crippen molar-refractivity contribution in [1.29, 1.82) is 5.26 Å². The first kappa shape index (κ1) is 21.1. The number of nitrogens with zero attached hydrogens (tertiary/aromatic N) is 4. The van der Waals surface area contributed by atoms with Crippen LogP contribution >= 0.6 is 0 Å². The highest BCUT2D eigenvalue weighted by molar-refractivity contribution is 7.90. The van der Waals surface area contributed by atoms with Gasteiger partial charge in [0.25, 0.3) is 0 Å². The summed E-state index contributed by atoms with van der Waals surface area (Å²) >= 11 is -1.12. The van der Waals surface area contributed by atoms with E-state index in [1.807, 2.05) is 27.7 Å². The summed E-state index contributed by atoms with van der Waals surface area (Å²) in [5.41, 5.74) is 3.91. The molecule has 0 bridgehead atoms. The average molecular weight is 424 g/mol. The molecule has 30 heavy (non-hydrogen) atoms. The van der Waals surface area contributed by atoms with Gasteiger partial charge in [-0.15, -0.1) is 4.72 Å². The van der Waals surface area contributed by atoms with Crippen molar-refractivity contribution in [3.63, 3.8) is 0 Å². The second kappa shape index (κ2) is 7.84. The molecule has 0 radical (unpaired) electrons. The number of nitriles is 1. The summed E-state index contributed by atoms with van der Waals surface area (Å²) in [6.07, 6.45) is 2.77. The number of hydrogen-bond donors (Lipinski definition) is 1. The molecule has 1 N–H and O–H groups in total. The normalized spacial score (nSPS) is 21.3. The molecule has 1 saturated heterocycles.